The first-order chi connectivity index (χ1) is 52.9. The van der Waals surface area contributed by atoms with Crippen LogP contribution in [0, 0.1) is 25.2 Å². The van der Waals surface area contributed by atoms with Gasteiger partial charge in [-0.15, -0.1) is 11.3 Å². The molecule has 37 heteroatoms. The number of anilines is 4. The van der Waals surface area contributed by atoms with Gasteiger partial charge in [-0.3, -0.25) is 53.6 Å². The average molecular weight is 1630 g/mol. The molecule has 112 heavy (non-hydrogen) atoms. The lowest BCUT2D eigenvalue weighted by Gasteiger charge is -2.15. The summed E-state index contributed by atoms with van der Waals surface area (Å²) in [5.74, 6) is -0.301. The Morgan fingerprint density at radius 3 is 1.40 bits per heavy atom. The number of alkyl halides is 12. The topological polar surface area (TPSA) is 270 Å². The number of thiazole rings is 1. The van der Waals surface area contributed by atoms with Crippen molar-refractivity contribution in [2.24, 2.45) is 5.92 Å². The van der Waals surface area contributed by atoms with Crippen molar-refractivity contribution in [3.63, 3.8) is 0 Å². The molecule has 0 bridgehead atoms. The Morgan fingerprint density at radius 1 is 0.527 bits per heavy atom. The van der Waals surface area contributed by atoms with Gasteiger partial charge < -0.3 is 31.0 Å². The number of nitrogens with zero attached hydrogens (tertiary/aromatic N) is 10. The number of pyridine rings is 3. The third-order valence-electron chi connectivity index (χ3n) is 16.5. The van der Waals surface area contributed by atoms with Crippen LogP contribution < -0.4 is 26.6 Å². The van der Waals surface area contributed by atoms with E-state index in [4.69, 9.17) is 44.6 Å². The zero-order chi connectivity index (χ0) is 81.1. The lowest BCUT2D eigenvalue weighted by atomic mass is 10.1. The van der Waals surface area contributed by atoms with Crippen LogP contribution >= 0.6 is 46.1 Å². The Bertz CT molecular complexity index is 5550. The van der Waals surface area contributed by atoms with Crippen LogP contribution in [-0.2, 0) is 60.5 Å². The molecule has 13 rings (SSSR count). The summed E-state index contributed by atoms with van der Waals surface area (Å²) >= 11 is 19.7. The summed E-state index contributed by atoms with van der Waals surface area (Å²) in [6, 6.07) is 28.2. The predicted molar refractivity (Wildman–Crippen MR) is 399 cm³/mol. The van der Waals surface area contributed by atoms with Crippen LogP contribution in [-0.4, -0.2) is 78.7 Å². The van der Waals surface area contributed by atoms with E-state index in [0.717, 1.165) is 70.8 Å². The highest BCUT2D eigenvalue weighted by atomic mass is 35.5. The second-order valence-electron chi connectivity index (χ2n) is 24.7. The number of amides is 4. The van der Waals surface area contributed by atoms with Crippen LogP contribution in [0.2, 0.25) is 15.1 Å². The third-order valence-corrected chi connectivity index (χ3v) is 18.3. The van der Waals surface area contributed by atoms with Crippen molar-refractivity contribution in [3.05, 3.63) is 263 Å². The van der Waals surface area contributed by atoms with Gasteiger partial charge in [0.1, 0.15) is 16.5 Å². The number of para-hydroxylation sites is 1. The van der Waals surface area contributed by atoms with Gasteiger partial charge in [0, 0.05) is 42.9 Å². The quantitative estimate of drug-likeness (QED) is 0.0282. The number of benzene rings is 5. The summed E-state index contributed by atoms with van der Waals surface area (Å²) in [5.41, 5.74) is 4.58. The van der Waals surface area contributed by atoms with E-state index in [1.807, 2.05) is 24.3 Å². The molecule has 6 N–H and O–H groups in total. The van der Waals surface area contributed by atoms with E-state index < -0.39 is 52.9 Å². The number of rotatable bonds is 17. The molecule has 0 unspecified atom stereocenters. The summed E-state index contributed by atoms with van der Waals surface area (Å²) in [5, 5.41) is 37.7. The SMILES string of the molecule is CC(C)C(=O)Nc1nn(Cc2ccc(C(F)(F)F)cc2)c2cncc(Cl)c12.CCC(=O)Nc1nn(Cc2ccc(C(F)(F)F)cc2)c2cncc(Cl)c12.Cc1ncsc1C(=O)NC(=N)c1c(Cl)cncc1NCc1ccc(C(F)(F)F)cc1.Cc1occc1C(=O)Nc1nn(Cc2ccc(C(F)(F)F)cc2)c2ccccc12. The number of hydrogen-bond acceptors (Lipinski definition) is 15. The largest absolute Gasteiger partial charge is 0.469 e. The van der Waals surface area contributed by atoms with Crippen molar-refractivity contribution in [2.75, 3.05) is 21.3 Å². The zero-order valence-corrected chi connectivity index (χ0v) is 62.0. The highest BCUT2D eigenvalue weighted by Crippen LogP contribution is 2.37. The van der Waals surface area contributed by atoms with Gasteiger partial charge in [0.2, 0.25) is 11.8 Å². The molecule has 5 aromatic carbocycles. The summed E-state index contributed by atoms with van der Waals surface area (Å²) in [6.45, 7) is 9.43. The van der Waals surface area contributed by atoms with E-state index in [1.54, 1.807) is 67.1 Å². The van der Waals surface area contributed by atoms with Crippen molar-refractivity contribution < 1.29 is 76.3 Å². The summed E-state index contributed by atoms with van der Waals surface area (Å²) in [7, 11) is 0. The van der Waals surface area contributed by atoms with Crippen LogP contribution in [0.1, 0.15) is 109 Å². The van der Waals surface area contributed by atoms with Gasteiger partial charge in [-0.1, -0.05) is 116 Å². The fourth-order valence-corrected chi connectivity index (χ4v) is 12.1. The number of nitrogens with one attached hydrogen (secondary N) is 6. The first kappa shape index (κ1) is 82.7. The van der Waals surface area contributed by atoms with E-state index in [2.05, 4.69) is 61.8 Å². The molecule has 0 saturated heterocycles. The monoisotopic (exact) mass is 1630 g/mol. The molecule has 0 atom stereocenters. The second-order valence-corrected chi connectivity index (χ2v) is 26.8. The predicted octanol–water partition coefficient (Wildman–Crippen LogP) is 19.4. The summed E-state index contributed by atoms with van der Waals surface area (Å²) < 4.78 is 162. The Kier molecular flexibility index (Phi) is 25.9. The third kappa shape index (κ3) is 20.6. The number of carbonyl (C=O) groups excluding carboxylic acids is 4. The standard InChI is InChI=1S/C21H16F3N3O2.C19H15ClF3N5OS.C18H16ClF3N4O.C17H14ClF3N4O/c1-13-16(10-11-29-13)20(28)25-19-17-4-2-3-5-18(17)27(26-19)12-14-6-8-15(9-7-14)21(22,23)24;1-10-16(30-9-27-10)18(29)28-17(24)15-13(20)7-25-8-14(15)26-6-11-2-4-12(5-3-11)19(21,22)23;1-10(2)17(27)24-16-15-13(19)7-23-8-14(15)26(25-16)9-11-3-5-12(6-4-11)18(20,21)22;1-2-14(26)23-16-15-12(18)7-22-8-13(15)25(24-16)9-10-3-5-11(6-4-10)17(19,20)21/h2-11H,12H2,1H3,(H,25,26,28);2-5,7-9,26H,6H2,1H3,(H2,24,28,29);3-8,10H,9H2,1-2H3,(H,24,25,27);3-8H,2,9H2,1H3,(H,23,24,26). The Morgan fingerprint density at radius 2 is 0.964 bits per heavy atom. The number of halogens is 15. The van der Waals surface area contributed by atoms with Gasteiger partial charge in [0.25, 0.3) is 11.8 Å². The van der Waals surface area contributed by atoms with Gasteiger partial charge in [-0.05, 0) is 103 Å². The second kappa shape index (κ2) is 35.1. The molecular formula is C75H61Cl3F12N16O5S. The fraction of sp³-hybridized carbons (Fsp3) is 0.200. The average Bonchev–Trinajstić information content (AvgIpc) is 1.64. The van der Waals surface area contributed by atoms with Crippen molar-refractivity contribution in [3.8, 4) is 0 Å². The molecule has 0 spiro atoms. The number of carbonyl (C=O) groups is 4. The van der Waals surface area contributed by atoms with Gasteiger partial charge in [-0.2, -0.15) is 68.0 Å². The fourth-order valence-electron chi connectivity index (χ4n) is 10.7. The van der Waals surface area contributed by atoms with E-state index in [-0.39, 0.29) is 72.7 Å². The minimum Gasteiger partial charge on any atom is -0.469 e. The Balaban J connectivity index is 0.000000159. The number of hydrogen-bond donors (Lipinski definition) is 6. The van der Waals surface area contributed by atoms with Crippen LogP contribution in [0.5, 0.6) is 0 Å². The molecule has 0 fully saturated rings. The van der Waals surface area contributed by atoms with Gasteiger partial charge in [0.15, 0.2) is 17.5 Å². The first-order valence-electron chi connectivity index (χ1n) is 33.2. The molecule has 8 aromatic heterocycles. The van der Waals surface area contributed by atoms with E-state index in [0.29, 0.717) is 99.1 Å². The summed E-state index contributed by atoms with van der Waals surface area (Å²) in [6.07, 6.45) is -7.11. The molecule has 0 aliphatic rings. The molecule has 21 nitrogen and oxygen atoms in total. The molecule has 0 radical (unpaired) electrons. The summed E-state index contributed by atoms with van der Waals surface area (Å²) in [4.78, 5) is 65.0. The van der Waals surface area contributed by atoms with Crippen LogP contribution in [0.3, 0.4) is 0 Å². The van der Waals surface area contributed by atoms with Gasteiger partial charge in [0.05, 0.1) is 137 Å². The molecule has 8 heterocycles. The van der Waals surface area contributed by atoms with E-state index in [9.17, 15) is 71.9 Å². The minimum atomic E-state index is -4.40. The minimum absolute atomic E-state index is 0.138. The molecule has 4 amide bonds. The Labute approximate surface area is 646 Å². The number of fused-ring (bicyclic) bond motifs is 3. The van der Waals surface area contributed by atoms with Crippen molar-refractivity contribution in [2.45, 2.75) is 91.9 Å². The molecule has 0 aliphatic heterocycles. The normalized spacial score (nSPS) is 11.7. The van der Waals surface area contributed by atoms with E-state index in [1.165, 1.54) is 85.1 Å². The molecule has 582 valence electrons. The maximum atomic E-state index is 12.8. The van der Waals surface area contributed by atoms with Crippen molar-refractivity contribution in [1.82, 2.24) is 54.6 Å². The molecule has 0 aliphatic carbocycles. The number of aromatic nitrogens is 10. The number of furan rings is 1. The first-order valence-corrected chi connectivity index (χ1v) is 35.2. The highest BCUT2D eigenvalue weighted by Gasteiger charge is 2.34. The number of aryl methyl sites for hydroxylation is 2. The highest BCUT2D eigenvalue weighted by molar-refractivity contribution is 7.12. The molecular weight excluding hydrogens is 1570 g/mol. The van der Waals surface area contributed by atoms with Crippen LogP contribution in [0.4, 0.5) is 75.8 Å². The Hall–Kier alpha value is -11.8. The zero-order valence-electron chi connectivity index (χ0n) is 58.9. The van der Waals surface area contributed by atoms with Gasteiger partial charge in [-0.25, -0.2) is 4.98 Å². The van der Waals surface area contributed by atoms with Crippen LogP contribution in [0.25, 0.3) is 32.7 Å². The molecule has 0 saturated carbocycles. The van der Waals surface area contributed by atoms with Crippen molar-refractivity contribution >= 4 is 131 Å². The van der Waals surface area contributed by atoms with E-state index >= 15 is 0 Å². The van der Waals surface area contributed by atoms with Crippen LogP contribution in [0.15, 0.2) is 181 Å². The number of amidine groups is 1. The van der Waals surface area contributed by atoms with Gasteiger partial charge >= 0.3 is 24.7 Å². The lowest BCUT2D eigenvalue weighted by Crippen LogP contribution is -2.31. The smallest absolute Gasteiger partial charge is 0.416 e. The molecule has 13 aromatic rings. The maximum absolute atomic E-state index is 12.8. The maximum Gasteiger partial charge on any atom is 0.416 e. The van der Waals surface area contributed by atoms with Crippen molar-refractivity contribution in [1.29, 1.82) is 5.41 Å². The lowest BCUT2D eigenvalue weighted by molar-refractivity contribution is -0.138.